The van der Waals surface area contributed by atoms with Crippen LogP contribution in [0.3, 0.4) is 0 Å². The number of hydrogen-bond acceptors (Lipinski definition) is 2. The zero-order chi connectivity index (χ0) is 11.7. The van der Waals surface area contributed by atoms with Gasteiger partial charge in [0.25, 0.3) is 0 Å². The molecule has 0 saturated carbocycles. The van der Waals surface area contributed by atoms with Crippen molar-refractivity contribution in [2.75, 3.05) is 0 Å². The normalized spacial score (nSPS) is 13.3. The van der Waals surface area contributed by atoms with Crippen molar-refractivity contribution in [3.8, 4) is 0 Å². The summed E-state index contributed by atoms with van der Waals surface area (Å²) in [6.07, 6.45) is 9.68. The Kier molecular flexibility index (Phi) is 7.56. The van der Waals surface area contributed by atoms with Gasteiger partial charge in [0.15, 0.2) is 0 Å². The lowest BCUT2D eigenvalue weighted by atomic mass is 10.2. The van der Waals surface area contributed by atoms with Gasteiger partial charge in [-0.15, -0.1) is 0 Å². The Labute approximate surface area is 97.2 Å². The highest BCUT2D eigenvalue weighted by atomic mass is 35.5. The molecule has 0 rings (SSSR count). The van der Waals surface area contributed by atoms with Crippen LogP contribution in [0.2, 0.25) is 0 Å². The minimum absolute atomic E-state index is 0.429. The van der Waals surface area contributed by atoms with E-state index in [0.717, 1.165) is 18.5 Å². The molecule has 0 heterocycles. The van der Waals surface area contributed by atoms with Crippen LogP contribution in [-0.4, -0.2) is 0 Å². The fourth-order valence-corrected chi connectivity index (χ4v) is 0.975. The van der Waals surface area contributed by atoms with Crippen LogP contribution < -0.4 is 11.1 Å². The highest BCUT2D eigenvalue weighted by Crippen LogP contribution is 2.06. The molecule has 0 spiro atoms. The van der Waals surface area contributed by atoms with Crippen LogP contribution >= 0.6 is 11.6 Å². The largest absolute Gasteiger partial charge is 0.386 e. The van der Waals surface area contributed by atoms with Crippen molar-refractivity contribution in [1.82, 2.24) is 5.32 Å². The van der Waals surface area contributed by atoms with E-state index in [0.29, 0.717) is 10.9 Å². The molecule has 0 aliphatic rings. The Morgan fingerprint density at radius 3 is 2.60 bits per heavy atom. The summed E-state index contributed by atoms with van der Waals surface area (Å²) in [6.45, 7) is 7.60. The van der Waals surface area contributed by atoms with E-state index in [1.54, 1.807) is 0 Å². The summed E-state index contributed by atoms with van der Waals surface area (Å²) in [5.41, 5.74) is 6.40. The van der Waals surface area contributed by atoms with Gasteiger partial charge in [-0.3, -0.25) is 0 Å². The molecule has 0 aromatic rings. The quantitative estimate of drug-likeness (QED) is 0.682. The lowest BCUT2D eigenvalue weighted by molar-refractivity contribution is 0.915. The lowest BCUT2D eigenvalue weighted by Crippen LogP contribution is -2.17. The molecule has 0 bridgehead atoms. The third-order valence-corrected chi connectivity index (χ3v) is 2.00. The molecule has 3 heteroatoms. The van der Waals surface area contributed by atoms with Crippen LogP contribution in [0.15, 0.2) is 47.4 Å². The molecule has 0 atom stereocenters. The third kappa shape index (κ3) is 7.89. The van der Waals surface area contributed by atoms with Crippen LogP contribution in [0.4, 0.5) is 0 Å². The summed E-state index contributed by atoms with van der Waals surface area (Å²) in [4.78, 5) is 0. The molecule has 0 aromatic carbocycles. The topological polar surface area (TPSA) is 38.0 Å². The van der Waals surface area contributed by atoms with Crippen molar-refractivity contribution in [3.05, 3.63) is 47.4 Å². The van der Waals surface area contributed by atoms with Crippen LogP contribution in [0.1, 0.15) is 26.7 Å². The Balaban J connectivity index is 4.50. The molecule has 0 saturated heterocycles. The van der Waals surface area contributed by atoms with Crippen molar-refractivity contribution in [3.63, 3.8) is 0 Å². The maximum Gasteiger partial charge on any atom is 0.0930 e. The minimum atomic E-state index is 0.429. The van der Waals surface area contributed by atoms with E-state index in [2.05, 4.69) is 24.9 Å². The van der Waals surface area contributed by atoms with Gasteiger partial charge in [0.05, 0.1) is 5.82 Å². The molecule has 0 radical (unpaired) electrons. The molecule has 0 fully saturated rings. The summed E-state index contributed by atoms with van der Waals surface area (Å²) < 4.78 is 0. The van der Waals surface area contributed by atoms with Gasteiger partial charge in [0.1, 0.15) is 0 Å². The first-order chi connectivity index (χ1) is 7.10. The molecule has 84 valence electrons. The lowest BCUT2D eigenvalue weighted by Gasteiger charge is -2.05. The number of nitrogens with two attached hydrogens (primary N) is 1. The second-order valence-electron chi connectivity index (χ2n) is 3.11. The van der Waals surface area contributed by atoms with Gasteiger partial charge >= 0.3 is 0 Å². The highest BCUT2D eigenvalue weighted by molar-refractivity contribution is 6.31. The number of hydrogen-bond donors (Lipinski definition) is 2. The SMILES string of the molecule is C=C(N)NC(/C=C\C(Cl)=C/C)=C\CCC. The van der Waals surface area contributed by atoms with Crippen LogP contribution in [0, 0.1) is 0 Å². The smallest absolute Gasteiger partial charge is 0.0930 e. The van der Waals surface area contributed by atoms with Crippen LogP contribution in [0.5, 0.6) is 0 Å². The van der Waals surface area contributed by atoms with Gasteiger partial charge in [-0.25, -0.2) is 0 Å². The Bertz CT molecular complexity index is 288. The van der Waals surface area contributed by atoms with Gasteiger partial charge < -0.3 is 11.1 Å². The van der Waals surface area contributed by atoms with Gasteiger partial charge in [0.2, 0.25) is 0 Å². The fraction of sp³-hybridized carbons (Fsp3) is 0.333. The van der Waals surface area contributed by atoms with Gasteiger partial charge in [-0.2, -0.15) is 0 Å². The van der Waals surface area contributed by atoms with Gasteiger partial charge in [-0.1, -0.05) is 43.7 Å². The molecular formula is C12H19ClN2. The summed E-state index contributed by atoms with van der Waals surface area (Å²) in [7, 11) is 0. The van der Waals surface area contributed by atoms with Crippen LogP contribution in [-0.2, 0) is 0 Å². The zero-order valence-electron chi connectivity index (χ0n) is 9.39. The number of unbranched alkanes of at least 4 members (excludes halogenated alkanes) is 1. The molecule has 0 aromatic heterocycles. The number of allylic oxidation sites excluding steroid dienone is 5. The van der Waals surface area contributed by atoms with Gasteiger partial charge in [0, 0.05) is 10.7 Å². The Hall–Kier alpha value is -1.15. The Morgan fingerprint density at radius 1 is 1.47 bits per heavy atom. The first-order valence-electron chi connectivity index (χ1n) is 5.01. The van der Waals surface area contributed by atoms with E-state index in [1.807, 2.05) is 25.2 Å². The average Bonchev–Trinajstić information content (AvgIpc) is 2.20. The molecule has 0 unspecified atom stereocenters. The van der Waals surface area contributed by atoms with Crippen molar-refractivity contribution in [2.24, 2.45) is 5.73 Å². The number of halogens is 1. The van der Waals surface area contributed by atoms with E-state index in [9.17, 15) is 0 Å². The molecule has 2 nitrogen and oxygen atoms in total. The second kappa shape index (κ2) is 8.18. The summed E-state index contributed by atoms with van der Waals surface area (Å²) in [5, 5.41) is 3.66. The monoisotopic (exact) mass is 226 g/mol. The maximum absolute atomic E-state index is 5.85. The molecule has 0 aliphatic carbocycles. The molecule has 15 heavy (non-hydrogen) atoms. The molecule has 0 amide bonds. The van der Waals surface area contributed by atoms with E-state index < -0.39 is 0 Å². The molecular weight excluding hydrogens is 208 g/mol. The predicted octanol–water partition coefficient (Wildman–Crippen LogP) is 3.39. The van der Waals surface area contributed by atoms with Crippen molar-refractivity contribution < 1.29 is 0 Å². The average molecular weight is 227 g/mol. The van der Waals surface area contributed by atoms with Crippen molar-refractivity contribution in [1.29, 1.82) is 0 Å². The summed E-state index contributed by atoms with van der Waals surface area (Å²) in [5.74, 6) is 0.429. The van der Waals surface area contributed by atoms with E-state index in [1.165, 1.54) is 0 Å². The fourth-order valence-electron chi connectivity index (χ4n) is 0.912. The third-order valence-electron chi connectivity index (χ3n) is 1.66. The second-order valence-corrected chi connectivity index (χ2v) is 3.54. The summed E-state index contributed by atoms with van der Waals surface area (Å²) in [6, 6.07) is 0. The first-order valence-corrected chi connectivity index (χ1v) is 5.39. The van der Waals surface area contributed by atoms with E-state index >= 15 is 0 Å². The predicted molar refractivity (Wildman–Crippen MR) is 68.2 cm³/mol. The van der Waals surface area contributed by atoms with Crippen molar-refractivity contribution >= 4 is 11.6 Å². The van der Waals surface area contributed by atoms with Crippen molar-refractivity contribution in [2.45, 2.75) is 26.7 Å². The number of rotatable bonds is 6. The molecule has 3 N–H and O–H groups in total. The highest BCUT2D eigenvalue weighted by Gasteiger charge is 1.91. The Morgan fingerprint density at radius 2 is 2.13 bits per heavy atom. The standard InChI is InChI=1S/C12H19ClN2/c1-4-6-7-12(15-10(3)14)9-8-11(13)5-2/h5,7-9,15H,3-4,6,14H2,1-2H3/b9-8-,11-5+,12-7-. The first kappa shape index (κ1) is 13.8. The minimum Gasteiger partial charge on any atom is -0.386 e. The van der Waals surface area contributed by atoms with E-state index in [4.69, 9.17) is 17.3 Å². The zero-order valence-corrected chi connectivity index (χ0v) is 10.1. The number of nitrogens with one attached hydrogen (secondary N) is 1. The van der Waals surface area contributed by atoms with Crippen LogP contribution in [0.25, 0.3) is 0 Å². The maximum atomic E-state index is 5.85. The van der Waals surface area contributed by atoms with E-state index in [-0.39, 0.29) is 0 Å². The molecule has 0 aliphatic heterocycles. The summed E-state index contributed by atoms with van der Waals surface area (Å²) >= 11 is 5.85. The van der Waals surface area contributed by atoms with Gasteiger partial charge in [-0.05, 0) is 25.5 Å².